The molecule has 0 spiro atoms. The van der Waals surface area contributed by atoms with Crippen molar-refractivity contribution in [3.8, 4) is 0 Å². The molecule has 0 radical (unpaired) electrons. The Kier molecular flexibility index (Phi) is 28.7. The van der Waals surface area contributed by atoms with Gasteiger partial charge in [0.25, 0.3) is 5.91 Å². The number of nitrogens with one attached hydrogen (secondary N) is 2. The number of hydrogen-bond acceptors (Lipinski definition) is 12. The van der Waals surface area contributed by atoms with E-state index in [2.05, 4.69) is 10.6 Å². The zero-order valence-corrected chi connectivity index (χ0v) is 53.8. The Morgan fingerprint density at radius 3 is 1.76 bits per heavy atom. The largest absolute Gasteiger partial charge is 0.451 e. The second kappa shape index (κ2) is 32.7. The molecule has 1 aliphatic rings. The topological polar surface area (TPSA) is 230 Å². The van der Waals surface area contributed by atoms with Crippen LogP contribution in [-0.2, 0) is 59.1 Å². The normalized spacial score (nSPS) is 22.8. The number of esters is 1. The van der Waals surface area contributed by atoms with E-state index < -0.39 is 126 Å². The van der Waals surface area contributed by atoms with Crippen molar-refractivity contribution in [2.24, 2.45) is 29.6 Å². The van der Waals surface area contributed by atoms with Crippen LogP contribution in [0, 0.1) is 29.6 Å². The Morgan fingerprint density at radius 1 is 0.659 bits per heavy atom. The molecular formula is C61H104N10O11. The quantitative estimate of drug-likeness (QED) is 0.186. The number of ether oxygens (including phenoxy) is 1. The molecular weight excluding hydrogens is 1050 g/mol. The van der Waals surface area contributed by atoms with E-state index >= 15 is 9.59 Å². The van der Waals surface area contributed by atoms with Crippen LogP contribution in [0.4, 0.5) is 0 Å². The van der Waals surface area contributed by atoms with E-state index in [0.717, 1.165) is 5.56 Å². The van der Waals surface area contributed by atoms with Gasteiger partial charge in [-0.1, -0.05) is 106 Å². The molecule has 1 aromatic carbocycles. The van der Waals surface area contributed by atoms with Gasteiger partial charge in [0.2, 0.25) is 47.3 Å². The SMILES string of the molecule is CC[C@H](C)[C@H]1C(=O)N[C@@H](C)C(=O)N(C)[C@@H](CC(C)C)C(=O)N[C@@H](Cc2ccccc2)C(=O)N(C)CCCC[C@H](N(C)C(=O)[C@H](CC(C)C)N(C)C(=O)[C@H](C)N(C)C(=O)[C@H](OC(=O)[C@H](C(C)C)N(C)C)C(C)C)C(=O)N(C)[C@@H](C)C(=O)N1C. The molecule has 2 rings (SSSR count). The highest BCUT2D eigenvalue weighted by molar-refractivity contribution is 5.98. The van der Waals surface area contributed by atoms with Crippen LogP contribution >= 0.6 is 0 Å². The Balaban J connectivity index is 2.75. The zero-order chi connectivity index (χ0) is 62.9. The van der Waals surface area contributed by atoms with Gasteiger partial charge in [-0.3, -0.25) is 52.8 Å². The van der Waals surface area contributed by atoms with E-state index in [1.54, 1.807) is 46.8 Å². The number of hydrogen-bond donors (Lipinski definition) is 2. The molecule has 1 heterocycles. The third kappa shape index (κ3) is 19.2. The minimum atomic E-state index is -1.21. The second-order valence-electron chi connectivity index (χ2n) is 24.7. The van der Waals surface area contributed by atoms with Gasteiger partial charge in [0, 0.05) is 62.3 Å². The molecule has 464 valence electrons. The summed E-state index contributed by atoms with van der Waals surface area (Å²) in [5, 5.41) is 5.78. The summed E-state index contributed by atoms with van der Waals surface area (Å²) in [6, 6.07) is -0.278. The van der Waals surface area contributed by atoms with Crippen LogP contribution < -0.4 is 10.6 Å². The van der Waals surface area contributed by atoms with Gasteiger partial charge in [-0.15, -0.1) is 0 Å². The van der Waals surface area contributed by atoms with Crippen molar-refractivity contribution in [1.82, 2.24) is 49.8 Å². The van der Waals surface area contributed by atoms with Gasteiger partial charge in [0.1, 0.15) is 54.4 Å². The van der Waals surface area contributed by atoms with Crippen molar-refractivity contribution in [2.45, 2.75) is 195 Å². The average molecular weight is 1150 g/mol. The molecule has 1 fully saturated rings. The lowest BCUT2D eigenvalue weighted by Gasteiger charge is -2.40. The number of rotatable bonds is 19. The highest BCUT2D eigenvalue weighted by atomic mass is 16.6. The smallest absolute Gasteiger partial charge is 0.324 e. The maximum atomic E-state index is 15.2. The van der Waals surface area contributed by atoms with Crippen molar-refractivity contribution in [3.63, 3.8) is 0 Å². The first-order valence-corrected chi connectivity index (χ1v) is 29.4. The second-order valence-corrected chi connectivity index (χ2v) is 24.7. The number of amides is 9. The monoisotopic (exact) mass is 1150 g/mol. The van der Waals surface area contributed by atoms with Crippen molar-refractivity contribution < 1.29 is 52.7 Å². The molecule has 1 saturated heterocycles. The molecule has 0 aromatic heterocycles. The van der Waals surface area contributed by atoms with Crippen LogP contribution in [0.15, 0.2) is 30.3 Å². The van der Waals surface area contributed by atoms with Crippen LogP contribution in [0.5, 0.6) is 0 Å². The van der Waals surface area contributed by atoms with Crippen molar-refractivity contribution in [3.05, 3.63) is 35.9 Å². The van der Waals surface area contributed by atoms with Gasteiger partial charge >= 0.3 is 5.97 Å². The fraction of sp³-hybridized carbons (Fsp3) is 0.738. The summed E-state index contributed by atoms with van der Waals surface area (Å²) in [6.45, 7) is 23.3. The van der Waals surface area contributed by atoms with Crippen molar-refractivity contribution in [2.75, 3.05) is 70.0 Å². The predicted octanol–water partition coefficient (Wildman–Crippen LogP) is 4.16. The summed E-state index contributed by atoms with van der Waals surface area (Å²) in [6.07, 6.45) is 0.558. The molecule has 1 aromatic rings. The van der Waals surface area contributed by atoms with E-state index in [4.69, 9.17) is 4.74 Å². The van der Waals surface area contributed by atoms with E-state index in [-0.39, 0.29) is 55.9 Å². The lowest BCUT2D eigenvalue weighted by Crippen LogP contribution is -2.61. The molecule has 0 saturated carbocycles. The van der Waals surface area contributed by atoms with Gasteiger partial charge in [-0.25, -0.2) is 0 Å². The van der Waals surface area contributed by atoms with Gasteiger partial charge in [0.05, 0.1) is 0 Å². The highest BCUT2D eigenvalue weighted by Crippen LogP contribution is 2.24. The Morgan fingerprint density at radius 2 is 1.24 bits per heavy atom. The van der Waals surface area contributed by atoms with Crippen LogP contribution in [0.1, 0.15) is 134 Å². The van der Waals surface area contributed by atoms with Crippen LogP contribution in [0.3, 0.4) is 0 Å². The first kappa shape index (κ1) is 72.0. The van der Waals surface area contributed by atoms with Gasteiger partial charge in [-0.2, -0.15) is 0 Å². The minimum absolute atomic E-state index is 0.0490. The minimum Gasteiger partial charge on any atom is -0.451 e. The van der Waals surface area contributed by atoms with Gasteiger partial charge in [-0.05, 0) is 102 Å². The van der Waals surface area contributed by atoms with Crippen LogP contribution in [0.2, 0.25) is 0 Å². The number of likely N-dealkylation sites (N-methyl/N-ethyl adjacent to an activating group) is 8. The number of carbonyl (C=O) groups is 10. The fourth-order valence-corrected chi connectivity index (χ4v) is 10.6. The fourth-order valence-electron chi connectivity index (χ4n) is 10.6. The lowest BCUT2D eigenvalue weighted by molar-refractivity contribution is -0.169. The maximum absolute atomic E-state index is 15.2. The first-order valence-electron chi connectivity index (χ1n) is 29.4. The number of nitrogens with zero attached hydrogens (tertiary/aromatic N) is 8. The zero-order valence-electron chi connectivity index (χ0n) is 53.8. The van der Waals surface area contributed by atoms with E-state index in [1.165, 1.54) is 97.4 Å². The molecule has 2 N–H and O–H groups in total. The van der Waals surface area contributed by atoms with Crippen molar-refractivity contribution >= 4 is 59.1 Å². The molecule has 0 aliphatic carbocycles. The van der Waals surface area contributed by atoms with Crippen LogP contribution in [0.25, 0.3) is 0 Å². The molecule has 21 heteroatoms. The van der Waals surface area contributed by atoms with E-state index in [1.807, 2.05) is 78.8 Å². The molecule has 9 amide bonds. The standard InChI is InChI=1S/C61H104N10O11/c1-23-40(10)50-53(73)62-41(11)54(74)69(20)47(33-36(2)3)52(72)63-45(35-44-29-25-24-26-30-44)57(77)65(16)32-28-27-31-46(58(78)66(17)43(13)56(76)71(50)22)68(19)59(79)48(34-37(4)5)70(21)55(75)42(12)67(18)60(80)51(39(8)9)82-61(81)49(38(6)7)64(14)15/h24-26,29-30,36-43,45-51H,23,27-28,31-35H2,1-22H3,(H,62,73)(H,63,72)/t40-,41-,42-,43-,45-,46-,47-,48-,49-,50-,51+/m0/s1. The Bertz CT molecular complexity index is 2320. The molecule has 1 aliphatic heterocycles. The number of benzene rings is 1. The average Bonchev–Trinajstić information content (AvgIpc) is 3.47. The van der Waals surface area contributed by atoms with Gasteiger partial charge < -0.3 is 49.7 Å². The Hall–Kier alpha value is -6.12. The highest BCUT2D eigenvalue weighted by Gasteiger charge is 2.43. The van der Waals surface area contributed by atoms with E-state index in [0.29, 0.717) is 19.3 Å². The molecule has 0 unspecified atom stereocenters. The summed E-state index contributed by atoms with van der Waals surface area (Å²) in [5.41, 5.74) is 0.792. The molecule has 11 atom stereocenters. The van der Waals surface area contributed by atoms with Crippen LogP contribution in [-0.4, -0.2) is 229 Å². The Labute approximate surface area is 490 Å². The molecule has 21 nitrogen and oxygen atoms in total. The maximum Gasteiger partial charge on any atom is 0.324 e. The lowest BCUT2D eigenvalue weighted by atomic mass is 9.95. The summed E-state index contributed by atoms with van der Waals surface area (Å²) < 4.78 is 5.86. The third-order valence-corrected chi connectivity index (χ3v) is 16.2. The summed E-state index contributed by atoms with van der Waals surface area (Å²) >= 11 is 0. The van der Waals surface area contributed by atoms with Gasteiger partial charge in [0.15, 0.2) is 6.10 Å². The number of carbonyl (C=O) groups excluding carboxylic acids is 10. The van der Waals surface area contributed by atoms with E-state index in [9.17, 15) is 38.4 Å². The third-order valence-electron chi connectivity index (χ3n) is 16.2. The molecule has 0 bridgehead atoms. The van der Waals surface area contributed by atoms with Crippen molar-refractivity contribution in [1.29, 1.82) is 0 Å². The summed E-state index contributed by atoms with van der Waals surface area (Å²) in [4.78, 5) is 156. The summed E-state index contributed by atoms with van der Waals surface area (Å²) in [7, 11) is 14.0. The predicted molar refractivity (Wildman–Crippen MR) is 317 cm³/mol. The summed E-state index contributed by atoms with van der Waals surface area (Å²) in [5.74, 6) is -6.74. The first-order chi connectivity index (χ1) is 38.0. The molecule has 82 heavy (non-hydrogen) atoms.